The lowest BCUT2D eigenvalue weighted by molar-refractivity contribution is -0.141. The summed E-state index contributed by atoms with van der Waals surface area (Å²) < 4.78 is 39.9. The number of aromatic nitrogens is 3. The average Bonchev–Trinajstić information content (AvgIpc) is 3.36. The highest BCUT2D eigenvalue weighted by atomic mass is 19.4. The van der Waals surface area contributed by atoms with Crippen molar-refractivity contribution in [1.29, 1.82) is 0 Å². The Morgan fingerprint density at radius 1 is 1.00 bits per heavy atom. The second-order valence-corrected chi connectivity index (χ2v) is 6.30. The Kier molecular flexibility index (Phi) is 3.82. The van der Waals surface area contributed by atoms with Gasteiger partial charge < -0.3 is 4.57 Å². The van der Waals surface area contributed by atoms with Gasteiger partial charge in [0.05, 0.1) is 18.6 Å². The van der Waals surface area contributed by atoms with E-state index in [2.05, 4.69) is 9.97 Å². The number of pyridine rings is 1. The number of halogens is 3. The first kappa shape index (κ1) is 15.9. The Labute approximate surface area is 143 Å². The predicted octanol–water partition coefficient (Wildman–Crippen LogP) is 4.89. The minimum absolute atomic E-state index is 0.469. The molecule has 3 aromatic rings. The lowest BCUT2D eigenvalue weighted by atomic mass is 10.1. The van der Waals surface area contributed by atoms with Crippen molar-refractivity contribution in [2.75, 3.05) is 0 Å². The van der Waals surface area contributed by atoms with Crippen LogP contribution in [0, 0.1) is 0 Å². The molecule has 2 aromatic heterocycles. The highest BCUT2D eigenvalue weighted by Crippen LogP contribution is 2.44. The highest BCUT2D eigenvalue weighted by Gasteiger charge is 2.32. The molecule has 128 valence electrons. The molecule has 3 nitrogen and oxygen atoms in total. The van der Waals surface area contributed by atoms with Crippen LogP contribution in [0.3, 0.4) is 0 Å². The number of nitrogens with zero attached hydrogens (tertiary/aromatic N) is 3. The lowest BCUT2D eigenvalue weighted by Gasteiger charge is -2.11. The fourth-order valence-electron chi connectivity index (χ4n) is 3.00. The third kappa shape index (κ3) is 3.29. The largest absolute Gasteiger partial charge is 0.433 e. The van der Waals surface area contributed by atoms with Crippen LogP contribution in [-0.2, 0) is 12.7 Å². The van der Waals surface area contributed by atoms with Gasteiger partial charge in [0.25, 0.3) is 0 Å². The van der Waals surface area contributed by atoms with Crippen molar-refractivity contribution >= 4 is 0 Å². The molecule has 0 bridgehead atoms. The van der Waals surface area contributed by atoms with Gasteiger partial charge in [0.2, 0.25) is 0 Å². The molecule has 1 fully saturated rings. The van der Waals surface area contributed by atoms with Gasteiger partial charge in [0.15, 0.2) is 0 Å². The molecule has 1 aliphatic rings. The topological polar surface area (TPSA) is 30.7 Å². The Morgan fingerprint density at radius 2 is 1.76 bits per heavy atom. The second kappa shape index (κ2) is 6.02. The quantitative estimate of drug-likeness (QED) is 0.675. The maximum Gasteiger partial charge on any atom is 0.433 e. The summed E-state index contributed by atoms with van der Waals surface area (Å²) in [6.07, 6.45) is 0.899. The van der Waals surface area contributed by atoms with Crippen molar-refractivity contribution in [2.24, 2.45) is 0 Å². The van der Waals surface area contributed by atoms with Crippen molar-refractivity contribution in [3.8, 4) is 11.3 Å². The number of imidazole rings is 1. The minimum Gasteiger partial charge on any atom is -0.329 e. The van der Waals surface area contributed by atoms with Crippen molar-refractivity contribution in [1.82, 2.24) is 14.5 Å². The van der Waals surface area contributed by atoms with Crippen LogP contribution in [0.2, 0.25) is 0 Å². The number of benzene rings is 1. The molecular formula is C19H16F3N3. The third-order valence-corrected chi connectivity index (χ3v) is 4.36. The highest BCUT2D eigenvalue weighted by molar-refractivity contribution is 5.63. The average molecular weight is 343 g/mol. The summed E-state index contributed by atoms with van der Waals surface area (Å²) in [5.74, 6) is 0.472. The van der Waals surface area contributed by atoms with E-state index in [1.54, 1.807) is 6.33 Å². The van der Waals surface area contributed by atoms with Gasteiger partial charge in [0.1, 0.15) is 5.69 Å². The zero-order valence-electron chi connectivity index (χ0n) is 13.4. The van der Waals surface area contributed by atoms with E-state index in [1.165, 1.54) is 12.3 Å². The van der Waals surface area contributed by atoms with Gasteiger partial charge in [-0.25, -0.2) is 4.98 Å². The summed E-state index contributed by atoms with van der Waals surface area (Å²) in [5.41, 5.74) is 3.05. The number of hydrogen-bond acceptors (Lipinski definition) is 2. The van der Waals surface area contributed by atoms with E-state index >= 15 is 0 Å². The van der Waals surface area contributed by atoms with Crippen LogP contribution in [0.25, 0.3) is 11.3 Å². The molecule has 1 saturated carbocycles. The molecule has 6 heteroatoms. The molecule has 0 spiro atoms. The summed E-state index contributed by atoms with van der Waals surface area (Å²) in [7, 11) is 0. The summed E-state index contributed by atoms with van der Waals surface area (Å²) in [6.45, 7) is 0.469. The first-order chi connectivity index (χ1) is 12.0. The van der Waals surface area contributed by atoms with Gasteiger partial charge >= 0.3 is 6.18 Å². The Balaban J connectivity index is 1.64. The maximum absolute atomic E-state index is 12.6. The number of alkyl halides is 3. The molecule has 2 heterocycles. The lowest BCUT2D eigenvalue weighted by Crippen LogP contribution is -2.09. The van der Waals surface area contributed by atoms with Crippen LogP contribution in [0.5, 0.6) is 0 Å². The van der Waals surface area contributed by atoms with Crippen LogP contribution in [-0.4, -0.2) is 14.5 Å². The smallest absolute Gasteiger partial charge is 0.329 e. The van der Waals surface area contributed by atoms with Crippen molar-refractivity contribution < 1.29 is 13.2 Å². The molecule has 0 unspecified atom stereocenters. The van der Waals surface area contributed by atoms with Crippen LogP contribution in [0.1, 0.15) is 35.7 Å². The molecule has 25 heavy (non-hydrogen) atoms. The van der Waals surface area contributed by atoms with Crippen molar-refractivity contribution in [3.63, 3.8) is 0 Å². The van der Waals surface area contributed by atoms with Gasteiger partial charge in [-0.2, -0.15) is 13.2 Å². The Bertz CT molecular complexity index is 863. The van der Waals surface area contributed by atoms with Crippen LogP contribution in [0.4, 0.5) is 13.2 Å². The first-order valence-electron chi connectivity index (χ1n) is 8.15. The fraction of sp³-hybridized carbons (Fsp3) is 0.263. The van der Waals surface area contributed by atoms with Crippen LogP contribution in [0.15, 0.2) is 55.0 Å². The molecule has 0 atom stereocenters. The molecule has 1 aromatic carbocycles. The summed E-state index contributed by atoms with van der Waals surface area (Å²) in [4.78, 5) is 8.11. The molecule has 1 aliphatic carbocycles. The van der Waals surface area contributed by atoms with Gasteiger partial charge in [-0.05, 0) is 24.5 Å². The van der Waals surface area contributed by atoms with Gasteiger partial charge in [-0.3, -0.25) is 4.98 Å². The molecule has 0 aliphatic heterocycles. The Morgan fingerprint density at radius 3 is 2.36 bits per heavy atom. The summed E-state index contributed by atoms with van der Waals surface area (Å²) in [6, 6.07) is 12.5. The molecular weight excluding hydrogens is 327 g/mol. The number of hydrogen-bond donors (Lipinski definition) is 0. The van der Waals surface area contributed by atoms with E-state index in [0.717, 1.165) is 41.4 Å². The monoisotopic (exact) mass is 343 g/mol. The van der Waals surface area contributed by atoms with E-state index in [-0.39, 0.29) is 0 Å². The zero-order chi connectivity index (χ0) is 17.4. The minimum atomic E-state index is -4.41. The van der Waals surface area contributed by atoms with Gasteiger partial charge in [-0.15, -0.1) is 0 Å². The third-order valence-electron chi connectivity index (χ3n) is 4.36. The van der Waals surface area contributed by atoms with E-state index in [0.29, 0.717) is 12.5 Å². The number of rotatable bonds is 4. The predicted molar refractivity (Wildman–Crippen MR) is 88.0 cm³/mol. The van der Waals surface area contributed by atoms with E-state index in [4.69, 9.17) is 0 Å². The van der Waals surface area contributed by atoms with E-state index in [1.807, 2.05) is 34.9 Å². The fourth-order valence-corrected chi connectivity index (χ4v) is 3.00. The summed E-state index contributed by atoms with van der Waals surface area (Å²) >= 11 is 0. The maximum atomic E-state index is 12.6. The van der Waals surface area contributed by atoms with Crippen molar-refractivity contribution in [2.45, 2.75) is 31.5 Å². The van der Waals surface area contributed by atoms with Crippen LogP contribution >= 0.6 is 0 Å². The normalized spacial score (nSPS) is 14.7. The SMILES string of the molecule is FC(F)(F)c1ccc(Cn2cnc(-c3ccccc3)c2C2CC2)cn1. The molecule has 0 saturated heterocycles. The summed E-state index contributed by atoms with van der Waals surface area (Å²) in [5, 5.41) is 0. The van der Waals surface area contributed by atoms with Crippen molar-refractivity contribution in [3.05, 3.63) is 71.9 Å². The standard InChI is InChI=1S/C19H16F3N3/c20-19(21,22)16-9-6-13(10-23-16)11-25-12-24-17(18(25)15-7-8-15)14-4-2-1-3-5-14/h1-6,9-10,12,15H,7-8,11H2. The zero-order valence-corrected chi connectivity index (χ0v) is 13.4. The molecule has 4 rings (SSSR count). The van der Waals surface area contributed by atoms with Crippen LogP contribution < -0.4 is 0 Å². The van der Waals surface area contributed by atoms with Gasteiger partial charge in [0, 0.05) is 23.4 Å². The first-order valence-corrected chi connectivity index (χ1v) is 8.15. The molecule has 0 radical (unpaired) electrons. The molecule has 0 amide bonds. The molecule has 0 N–H and O–H groups in total. The second-order valence-electron chi connectivity index (χ2n) is 6.30. The van der Waals surface area contributed by atoms with E-state index in [9.17, 15) is 13.2 Å². The Hall–Kier alpha value is -2.63. The van der Waals surface area contributed by atoms with Gasteiger partial charge in [-0.1, -0.05) is 36.4 Å². The van der Waals surface area contributed by atoms with E-state index < -0.39 is 11.9 Å².